The number of aromatic nitrogens is 1. The number of unbranched alkanes of at least 4 members (excludes halogenated alkanes) is 1. The molecule has 0 saturated carbocycles. The molecule has 32 heavy (non-hydrogen) atoms. The summed E-state index contributed by atoms with van der Waals surface area (Å²) in [6, 6.07) is 15.6. The molecule has 0 spiro atoms. The quantitative estimate of drug-likeness (QED) is 0.271. The minimum absolute atomic E-state index is 0.461. The summed E-state index contributed by atoms with van der Waals surface area (Å²) in [5.74, 6) is 2.18. The fourth-order valence-electron chi connectivity index (χ4n) is 2.91. The molecule has 0 amide bonds. The van der Waals surface area contributed by atoms with E-state index in [-0.39, 0.29) is 0 Å². The first kappa shape index (κ1) is 23.2. The molecule has 3 rings (SSSR count). The second kappa shape index (κ2) is 11.8. The highest BCUT2D eigenvalue weighted by molar-refractivity contribution is 7.11. The van der Waals surface area contributed by atoms with Gasteiger partial charge in [0.25, 0.3) is 0 Å². The highest BCUT2D eigenvalue weighted by Crippen LogP contribution is 2.34. The third-order valence-electron chi connectivity index (χ3n) is 4.62. The van der Waals surface area contributed by atoms with E-state index in [1.807, 2.05) is 54.8 Å². The van der Waals surface area contributed by atoms with Crippen LogP contribution in [-0.2, 0) is 0 Å². The first-order valence-corrected chi connectivity index (χ1v) is 11.4. The van der Waals surface area contributed by atoms with Crippen LogP contribution in [0, 0.1) is 11.3 Å². The first-order valence-electron chi connectivity index (χ1n) is 10.5. The van der Waals surface area contributed by atoms with Gasteiger partial charge in [-0.15, -0.1) is 11.3 Å². The Balaban J connectivity index is 1.71. The Labute approximate surface area is 193 Å². The van der Waals surface area contributed by atoms with Crippen molar-refractivity contribution in [3.05, 3.63) is 59.1 Å². The molecule has 0 bridgehead atoms. The van der Waals surface area contributed by atoms with Crippen LogP contribution in [0.25, 0.3) is 16.8 Å². The number of benzene rings is 2. The van der Waals surface area contributed by atoms with E-state index in [1.165, 1.54) is 11.3 Å². The van der Waals surface area contributed by atoms with E-state index in [1.54, 1.807) is 13.3 Å². The summed E-state index contributed by atoms with van der Waals surface area (Å²) in [6.07, 6.45) is 3.81. The average molecular weight is 450 g/mol. The highest BCUT2D eigenvalue weighted by atomic mass is 32.1. The number of ether oxygens (including phenoxy) is 3. The smallest absolute Gasteiger partial charge is 0.161 e. The van der Waals surface area contributed by atoms with Gasteiger partial charge in [-0.1, -0.05) is 13.3 Å². The van der Waals surface area contributed by atoms with Crippen LogP contribution in [0.15, 0.2) is 54.0 Å². The first-order chi connectivity index (χ1) is 15.7. The largest absolute Gasteiger partial charge is 0.494 e. The van der Waals surface area contributed by atoms with E-state index >= 15 is 0 Å². The molecule has 0 aliphatic carbocycles. The molecule has 166 valence electrons. The highest BCUT2D eigenvalue weighted by Gasteiger charge is 2.12. The standard InChI is InChI=1S/C25H27N3O3S/c1-4-6-13-31-21-10-8-20(9-11-21)27-16-19(15-26)25-28-22(17-32-25)18-7-12-23(30-5-2)24(14-18)29-3/h7-12,14,16-17,27H,4-6,13H2,1-3H3/b19-16+. The average Bonchev–Trinajstić information content (AvgIpc) is 3.31. The lowest BCUT2D eigenvalue weighted by atomic mass is 10.1. The number of nitrogens with zero attached hydrogens (tertiary/aromatic N) is 2. The monoisotopic (exact) mass is 449 g/mol. The van der Waals surface area contributed by atoms with Crippen LogP contribution in [0.2, 0.25) is 0 Å². The van der Waals surface area contributed by atoms with Crippen LogP contribution in [0.1, 0.15) is 31.7 Å². The molecule has 0 atom stereocenters. The Bertz CT molecular complexity index is 1080. The Morgan fingerprint density at radius 3 is 2.62 bits per heavy atom. The van der Waals surface area contributed by atoms with Crippen molar-refractivity contribution in [1.82, 2.24) is 4.98 Å². The molecule has 7 heteroatoms. The minimum atomic E-state index is 0.461. The van der Waals surface area contributed by atoms with Gasteiger partial charge in [0.1, 0.15) is 22.4 Å². The van der Waals surface area contributed by atoms with Crippen molar-refractivity contribution < 1.29 is 14.2 Å². The summed E-state index contributed by atoms with van der Waals surface area (Å²) in [5.41, 5.74) is 3.01. The Kier molecular flexibility index (Phi) is 8.52. The molecule has 0 fully saturated rings. The van der Waals surface area contributed by atoms with E-state index in [2.05, 4.69) is 23.3 Å². The predicted octanol–water partition coefficient (Wildman–Crippen LogP) is 6.37. The Morgan fingerprint density at radius 2 is 1.94 bits per heavy atom. The minimum Gasteiger partial charge on any atom is -0.494 e. The molecule has 6 nitrogen and oxygen atoms in total. The van der Waals surface area contributed by atoms with Crippen molar-refractivity contribution in [1.29, 1.82) is 5.26 Å². The van der Waals surface area contributed by atoms with Crippen LogP contribution in [0.4, 0.5) is 5.69 Å². The summed E-state index contributed by atoms with van der Waals surface area (Å²) in [4.78, 5) is 4.64. The van der Waals surface area contributed by atoms with E-state index in [4.69, 9.17) is 14.2 Å². The molecule has 1 heterocycles. The normalized spacial score (nSPS) is 11.0. The van der Waals surface area contributed by atoms with Gasteiger partial charge >= 0.3 is 0 Å². The van der Waals surface area contributed by atoms with Crippen molar-refractivity contribution >= 4 is 22.6 Å². The number of anilines is 1. The molecule has 0 radical (unpaired) electrons. The van der Waals surface area contributed by atoms with Gasteiger partial charge in [-0.05, 0) is 55.8 Å². The van der Waals surface area contributed by atoms with Gasteiger partial charge in [-0.25, -0.2) is 4.98 Å². The van der Waals surface area contributed by atoms with Crippen molar-refractivity contribution in [2.45, 2.75) is 26.7 Å². The van der Waals surface area contributed by atoms with E-state index in [0.29, 0.717) is 35.3 Å². The molecule has 0 aliphatic heterocycles. The van der Waals surface area contributed by atoms with Gasteiger partial charge in [-0.2, -0.15) is 5.26 Å². The van der Waals surface area contributed by atoms with Crippen LogP contribution in [0.5, 0.6) is 17.2 Å². The second-order valence-corrected chi connectivity index (χ2v) is 7.74. The molecule has 0 unspecified atom stereocenters. The van der Waals surface area contributed by atoms with E-state index in [0.717, 1.165) is 35.5 Å². The lowest BCUT2D eigenvalue weighted by Gasteiger charge is -2.10. The summed E-state index contributed by atoms with van der Waals surface area (Å²) in [5, 5.41) is 15.4. The number of hydrogen-bond acceptors (Lipinski definition) is 7. The van der Waals surface area contributed by atoms with Crippen LogP contribution >= 0.6 is 11.3 Å². The Morgan fingerprint density at radius 1 is 1.12 bits per heavy atom. The van der Waals surface area contributed by atoms with E-state index < -0.39 is 0 Å². The van der Waals surface area contributed by atoms with Crippen molar-refractivity contribution in [2.24, 2.45) is 0 Å². The third-order valence-corrected chi connectivity index (χ3v) is 5.49. The molecule has 2 aromatic carbocycles. The van der Waals surface area contributed by atoms with Crippen molar-refractivity contribution in [3.63, 3.8) is 0 Å². The van der Waals surface area contributed by atoms with Gasteiger partial charge in [0, 0.05) is 22.8 Å². The lowest BCUT2D eigenvalue weighted by Crippen LogP contribution is -1.96. The molecule has 3 aromatic rings. The number of thiazole rings is 1. The maximum Gasteiger partial charge on any atom is 0.161 e. The van der Waals surface area contributed by atoms with Gasteiger partial charge in [-0.3, -0.25) is 0 Å². The van der Waals surface area contributed by atoms with Crippen LogP contribution in [0.3, 0.4) is 0 Å². The Hall–Kier alpha value is -3.50. The number of nitrogens with one attached hydrogen (secondary N) is 1. The fraction of sp³-hybridized carbons (Fsp3) is 0.280. The van der Waals surface area contributed by atoms with Crippen molar-refractivity contribution in [3.8, 4) is 34.6 Å². The van der Waals surface area contributed by atoms with Gasteiger partial charge in [0.05, 0.1) is 26.0 Å². The van der Waals surface area contributed by atoms with Gasteiger partial charge < -0.3 is 19.5 Å². The van der Waals surface area contributed by atoms with Crippen molar-refractivity contribution in [2.75, 3.05) is 25.6 Å². The molecule has 1 aromatic heterocycles. The molecule has 0 saturated heterocycles. The number of allylic oxidation sites excluding steroid dienone is 1. The number of rotatable bonds is 11. The zero-order chi connectivity index (χ0) is 22.8. The lowest BCUT2D eigenvalue weighted by molar-refractivity contribution is 0.309. The molecule has 0 aliphatic rings. The number of methoxy groups -OCH3 is 1. The zero-order valence-corrected chi connectivity index (χ0v) is 19.4. The zero-order valence-electron chi connectivity index (χ0n) is 18.6. The van der Waals surface area contributed by atoms with Crippen LogP contribution < -0.4 is 19.5 Å². The summed E-state index contributed by atoms with van der Waals surface area (Å²) >= 11 is 1.42. The maximum atomic E-state index is 9.63. The number of nitriles is 1. The predicted molar refractivity (Wildman–Crippen MR) is 129 cm³/mol. The van der Waals surface area contributed by atoms with Gasteiger partial charge in [0.15, 0.2) is 11.5 Å². The third kappa shape index (κ3) is 6.02. The van der Waals surface area contributed by atoms with Gasteiger partial charge in [0.2, 0.25) is 0 Å². The topological polar surface area (TPSA) is 76.4 Å². The maximum absolute atomic E-state index is 9.63. The summed E-state index contributed by atoms with van der Waals surface area (Å²) in [7, 11) is 1.61. The number of hydrogen-bond donors (Lipinski definition) is 1. The molecular weight excluding hydrogens is 422 g/mol. The molecule has 1 N–H and O–H groups in total. The summed E-state index contributed by atoms with van der Waals surface area (Å²) < 4.78 is 16.7. The SMILES string of the molecule is CCCCOc1ccc(N/C=C(\C#N)c2nc(-c3ccc(OCC)c(OC)c3)cs2)cc1. The molecular formula is C25H27N3O3S. The second-order valence-electron chi connectivity index (χ2n) is 6.88. The van der Waals surface area contributed by atoms with Crippen LogP contribution in [-0.4, -0.2) is 25.3 Å². The fourth-order valence-corrected chi connectivity index (χ4v) is 3.71. The van der Waals surface area contributed by atoms with E-state index in [9.17, 15) is 5.26 Å². The summed E-state index contributed by atoms with van der Waals surface area (Å²) in [6.45, 7) is 5.35.